The molecule has 0 aromatic carbocycles. The van der Waals surface area contributed by atoms with Gasteiger partial charge in [-0.15, -0.1) is 0 Å². The third-order valence-electron chi connectivity index (χ3n) is 3.76. The molecule has 1 N–H and O–H groups in total. The van der Waals surface area contributed by atoms with Crippen molar-refractivity contribution in [3.05, 3.63) is 22.4 Å². The van der Waals surface area contributed by atoms with Crippen molar-refractivity contribution in [2.75, 3.05) is 19.6 Å². The fraction of sp³-hybridized carbons (Fsp3) is 0.667. The standard InChI is InChI=1S/C15H24N2OS/c1-2-3-15(18)16-10-13-4-7-17(8-5-13)11-14-6-9-19-12-14/h6,9,12-13H,2-5,7-8,10-11H2,1H3,(H,16,18). The van der Waals surface area contributed by atoms with Crippen molar-refractivity contribution in [1.29, 1.82) is 0 Å². The van der Waals surface area contributed by atoms with E-state index in [2.05, 4.69) is 27.0 Å². The molecule has 1 aromatic heterocycles. The number of hydrogen-bond donors (Lipinski definition) is 1. The minimum Gasteiger partial charge on any atom is -0.356 e. The van der Waals surface area contributed by atoms with Crippen LogP contribution in [0.5, 0.6) is 0 Å². The summed E-state index contributed by atoms with van der Waals surface area (Å²) >= 11 is 1.77. The predicted octanol–water partition coefficient (Wildman–Crippen LogP) is 2.88. The summed E-state index contributed by atoms with van der Waals surface area (Å²) in [5.74, 6) is 0.878. The summed E-state index contributed by atoms with van der Waals surface area (Å²) in [6, 6.07) is 2.21. The molecule has 0 spiro atoms. The first-order valence-electron chi connectivity index (χ1n) is 7.28. The van der Waals surface area contributed by atoms with Crippen molar-refractivity contribution in [3.63, 3.8) is 0 Å². The third kappa shape index (κ3) is 4.96. The van der Waals surface area contributed by atoms with E-state index in [0.29, 0.717) is 12.3 Å². The SMILES string of the molecule is CCCC(=O)NCC1CCN(Cc2ccsc2)CC1. The summed E-state index contributed by atoms with van der Waals surface area (Å²) < 4.78 is 0. The number of thiophene rings is 1. The number of piperidine rings is 1. The minimum atomic E-state index is 0.211. The number of hydrogen-bond acceptors (Lipinski definition) is 3. The fourth-order valence-electron chi connectivity index (χ4n) is 2.56. The van der Waals surface area contributed by atoms with E-state index in [1.807, 2.05) is 6.92 Å². The van der Waals surface area contributed by atoms with Crippen LogP contribution in [0.25, 0.3) is 0 Å². The van der Waals surface area contributed by atoms with E-state index in [-0.39, 0.29) is 5.91 Å². The second kappa shape index (κ2) is 7.65. The van der Waals surface area contributed by atoms with Gasteiger partial charge >= 0.3 is 0 Å². The van der Waals surface area contributed by atoms with E-state index in [0.717, 1.165) is 32.6 Å². The molecule has 1 aromatic rings. The van der Waals surface area contributed by atoms with Crippen LogP contribution in [0.4, 0.5) is 0 Å². The molecule has 0 bridgehead atoms. The Hall–Kier alpha value is -0.870. The number of carbonyl (C=O) groups excluding carboxylic acids is 1. The van der Waals surface area contributed by atoms with Gasteiger partial charge in [0.25, 0.3) is 0 Å². The van der Waals surface area contributed by atoms with Gasteiger partial charge in [0.1, 0.15) is 0 Å². The maximum absolute atomic E-state index is 11.4. The number of rotatable bonds is 6. The zero-order valence-corrected chi connectivity index (χ0v) is 12.5. The lowest BCUT2D eigenvalue weighted by Gasteiger charge is -2.31. The molecule has 4 heteroatoms. The monoisotopic (exact) mass is 280 g/mol. The highest BCUT2D eigenvalue weighted by atomic mass is 32.1. The first kappa shape index (κ1) is 14.5. The van der Waals surface area contributed by atoms with Crippen molar-refractivity contribution < 1.29 is 4.79 Å². The van der Waals surface area contributed by atoms with Gasteiger partial charge in [0.2, 0.25) is 5.91 Å². The van der Waals surface area contributed by atoms with E-state index >= 15 is 0 Å². The van der Waals surface area contributed by atoms with Crippen LogP contribution in [0.1, 0.15) is 38.2 Å². The van der Waals surface area contributed by atoms with E-state index in [1.54, 1.807) is 11.3 Å². The number of nitrogens with zero attached hydrogens (tertiary/aromatic N) is 1. The van der Waals surface area contributed by atoms with Gasteiger partial charge in [-0.05, 0) is 60.7 Å². The number of likely N-dealkylation sites (tertiary alicyclic amines) is 1. The van der Waals surface area contributed by atoms with Crippen molar-refractivity contribution in [2.24, 2.45) is 5.92 Å². The Kier molecular flexibility index (Phi) is 5.86. The topological polar surface area (TPSA) is 32.3 Å². The van der Waals surface area contributed by atoms with Crippen LogP contribution in [0.15, 0.2) is 16.8 Å². The summed E-state index contributed by atoms with van der Waals surface area (Å²) in [6.45, 7) is 6.31. The largest absolute Gasteiger partial charge is 0.356 e. The van der Waals surface area contributed by atoms with Gasteiger partial charge < -0.3 is 5.32 Å². The second-order valence-corrected chi connectivity index (χ2v) is 6.19. The molecule has 0 saturated carbocycles. The Labute approximate surface area is 120 Å². The molecule has 0 atom stereocenters. The van der Waals surface area contributed by atoms with Crippen molar-refractivity contribution in [2.45, 2.75) is 39.2 Å². The van der Waals surface area contributed by atoms with Crippen molar-refractivity contribution in [1.82, 2.24) is 10.2 Å². The molecule has 106 valence electrons. The minimum absolute atomic E-state index is 0.211. The Morgan fingerprint density at radius 1 is 1.47 bits per heavy atom. The van der Waals surface area contributed by atoms with E-state index in [1.165, 1.54) is 18.4 Å². The number of amides is 1. The van der Waals surface area contributed by atoms with E-state index in [9.17, 15) is 4.79 Å². The maximum Gasteiger partial charge on any atom is 0.219 e. The van der Waals surface area contributed by atoms with Gasteiger partial charge in [-0.3, -0.25) is 9.69 Å². The van der Waals surface area contributed by atoms with E-state index < -0.39 is 0 Å². The Morgan fingerprint density at radius 3 is 2.89 bits per heavy atom. The van der Waals surface area contributed by atoms with Crippen LogP contribution in [-0.2, 0) is 11.3 Å². The van der Waals surface area contributed by atoms with Gasteiger partial charge in [0.05, 0.1) is 0 Å². The van der Waals surface area contributed by atoms with Gasteiger partial charge in [-0.1, -0.05) is 6.92 Å². The molecule has 2 rings (SSSR count). The highest BCUT2D eigenvalue weighted by Gasteiger charge is 2.19. The molecule has 3 nitrogen and oxygen atoms in total. The van der Waals surface area contributed by atoms with E-state index in [4.69, 9.17) is 0 Å². The molecule has 1 fully saturated rings. The van der Waals surface area contributed by atoms with Crippen LogP contribution in [0, 0.1) is 5.92 Å². The Bertz CT molecular complexity index is 370. The van der Waals surface area contributed by atoms with Crippen LogP contribution in [-0.4, -0.2) is 30.4 Å². The predicted molar refractivity (Wildman–Crippen MR) is 80.2 cm³/mol. The molecular weight excluding hydrogens is 256 g/mol. The lowest BCUT2D eigenvalue weighted by Crippen LogP contribution is -2.38. The quantitative estimate of drug-likeness (QED) is 0.869. The molecular formula is C15H24N2OS. The maximum atomic E-state index is 11.4. The zero-order valence-electron chi connectivity index (χ0n) is 11.7. The smallest absolute Gasteiger partial charge is 0.219 e. The molecule has 19 heavy (non-hydrogen) atoms. The van der Waals surface area contributed by atoms with Gasteiger partial charge in [-0.2, -0.15) is 11.3 Å². The molecule has 1 aliphatic rings. The molecule has 0 unspecified atom stereocenters. The summed E-state index contributed by atoms with van der Waals surface area (Å²) in [4.78, 5) is 14.0. The normalized spacial score (nSPS) is 17.5. The van der Waals surface area contributed by atoms with Gasteiger partial charge in [-0.25, -0.2) is 0 Å². The number of carbonyl (C=O) groups is 1. The Balaban J connectivity index is 1.63. The zero-order chi connectivity index (χ0) is 13.5. The molecule has 0 radical (unpaired) electrons. The van der Waals surface area contributed by atoms with Crippen LogP contribution in [0.2, 0.25) is 0 Å². The van der Waals surface area contributed by atoms with Crippen molar-refractivity contribution in [3.8, 4) is 0 Å². The molecule has 1 saturated heterocycles. The summed E-state index contributed by atoms with van der Waals surface area (Å²) in [5, 5.41) is 7.44. The molecule has 1 amide bonds. The third-order valence-corrected chi connectivity index (χ3v) is 4.49. The second-order valence-electron chi connectivity index (χ2n) is 5.41. The van der Waals surface area contributed by atoms with Crippen LogP contribution in [0.3, 0.4) is 0 Å². The highest BCUT2D eigenvalue weighted by Crippen LogP contribution is 2.19. The van der Waals surface area contributed by atoms with Crippen LogP contribution < -0.4 is 5.32 Å². The van der Waals surface area contributed by atoms with Crippen LogP contribution >= 0.6 is 11.3 Å². The van der Waals surface area contributed by atoms with Gasteiger partial charge in [0, 0.05) is 19.5 Å². The number of nitrogens with one attached hydrogen (secondary N) is 1. The summed E-state index contributed by atoms with van der Waals surface area (Å²) in [7, 11) is 0. The first-order chi connectivity index (χ1) is 9.28. The van der Waals surface area contributed by atoms with Gasteiger partial charge in [0.15, 0.2) is 0 Å². The lowest BCUT2D eigenvalue weighted by molar-refractivity contribution is -0.121. The fourth-order valence-corrected chi connectivity index (χ4v) is 3.22. The molecule has 2 heterocycles. The average molecular weight is 280 g/mol. The Morgan fingerprint density at radius 2 is 2.26 bits per heavy atom. The van der Waals surface area contributed by atoms with Crippen molar-refractivity contribution >= 4 is 17.2 Å². The molecule has 1 aliphatic heterocycles. The lowest BCUT2D eigenvalue weighted by atomic mass is 9.96. The summed E-state index contributed by atoms with van der Waals surface area (Å²) in [6.07, 6.45) is 4.01. The highest BCUT2D eigenvalue weighted by molar-refractivity contribution is 7.07. The summed E-state index contributed by atoms with van der Waals surface area (Å²) in [5.41, 5.74) is 1.43. The average Bonchev–Trinajstić information content (AvgIpc) is 2.91. The first-order valence-corrected chi connectivity index (χ1v) is 8.22. The molecule has 0 aliphatic carbocycles.